The predicted octanol–water partition coefficient (Wildman–Crippen LogP) is 6.33. The number of hydrogen-bond donors (Lipinski definition) is 4. The van der Waals surface area contributed by atoms with Gasteiger partial charge >= 0.3 is 11.9 Å². The van der Waals surface area contributed by atoms with Gasteiger partial charge in [-0.25, -0.2) is 0 Å². The van der Waals surface area contributed by atoms with Crippen LogP contribution in [0.4, 0.5) is 0 Å². The number of carbonyl (C=O) groups excluding carboxylic acids is 2. The van der Waals surface area contributed by atoms with E-state index in [1.54, 1.807) is 0 Å². The second kappa shape index (κ2) is 28.9. The van der Waals surface area contributed by atoms with Crippen LogP contribution in [0.2, 0.25) is 0 Å². The number of aliphatic hydroxyl groups is 3. The molecule has 4 N–H and O–H groups in total. The molecule has 0 bridgehead atoms. The van der Waals surface area contributed by atoms with Crippen LogP contribution in [0.25, 0.3) is 0 Å². The molecule has 0 saturated carbocycles. The Kier molecular flexibility index (Phi) is 26.8. The molecule has 0 aromatic heterocycles. The van der Waals surface area contributed by atoms with E-state index in [9.17, 15) is 37.9 Å². The first-order valence-electron chi connectivity index (χ1n) is 19.2. The molecule has 0 amide bonds. The summed E-state index contributed by atoms with van der Waals surface area (Å²) in [6.45, 7) is 3.68. The third-order valence-corrected chi connectivity index (χ3v) is 9.60. The maximum atomic E-state index is 12.7. The lowest BCUT2D eigenvalue weighted by Crippen LogP contribution is -2.60. The molecule has 13 heteroatoms. The van der Waals surface area contributed by atoms with Crippen molar-refractivity contribution >= 4 is 22.1 Å². The van der Waals surface area contributed by atoms with Crippen LogP contribution >= 0.6 is 0 Å². The van der Waals surface area contributed by atoms with Gasteiger partial charge in [-0.15, -0.1) is 0 Å². The second-order valence-corrected chi connectivity index (χ2v) is 15.1. The molecule has 0 spiro atoms. The Bertz CT molecular complexity index is 1000. The first-order chi connectivity index (χ1) is 24.0. The Morgan fingerprint density at radius 2 is 1.14 bits per heavy atom. The Labute approximate surface area is 301 Å². The monoisotopic (exact) mass is 736 g/mol. The Balaban J connectivity index is 2.54. The van der Waals surface area contributed by atoms with Gasteiger partial charge in [0.05, 0.1) is 6.61 Å². The molecule has 6 atom stereocenters. The summed E-state index contributed by atoms with van der Waals surface area (Å²) in [5.74, 6) is -1.99. The molecule has 1 aliphatic heterocycles. The fourth-order valence-electron chi connectivity index (χ4n) is 5.79. The first-order valence-corrected chi connectivity index (χ1v) is 20.9. The molecule has 1 rings (SSSR count). The second-order valence-electron chi connectivity index (χ2n) is 13.6. The molecule has 294 valence electrons. The Morgan fingerprint density at radius 1 is 0.660 bits per heavy atom. The van der Waals surface area contributed by atoms with Gasteiger partial charge in [-0.1, -0.05) is 116 Å². The maximum absolute atomic E-state index is 12.7. The summed E-state index contributed by atoms with van der Waals surface area (Å²) in [4.78, 5) is 25.2. The number of aliphatic hydroxyl groups excluding tert-OH is 3. The molecule has 0 aromatic carbocycles. The van der Waals surface area contributed by atoms with Crippen LogP contribution in [0.15, 0.2) is 12.2 Å². The molecule has 50 heavy (non-hydrogen) atoms. The average molecular weight is 737 g/mol. The lowest BCUT2D eigenvalue weighted by molar-refractivity contribution is -0.297. The fourth-order valence-corrected chi connectivity index (χ4v) is 6.48. The summed E-state index contributed by atoms with van der Waals surface area (Å²) in [6, 6.07) is 0. The smallest absolute Gasteiger partial charge is 0.306 e. The molecular formula is C37H68O12S. The summed E-state index contributed by atoms with van der Waals surface area (Å²) >= 11 is 0. The third-order valence-electron chi connectivity index (χ3n) is 8.85. The lowest BCUT2D eigenvalue weighted by atomic mass is 10.00. The number of esters is 2. The number of hydrogen-bond acceptors (Lipinski definition) is 11. The predicted molar refractivity (Wildman–Crippen MR) is 192 cm³/mol. The normalized spacial score (nSPS) is 21.8. The average Bonchev–Trinajstić information content (AvgIpc) is 3.07. The zero-order valence-electron chi connectivity index (χ0n) is 30.8. The van der Waals surface area contributed by atoms with E-state index in [-0.39, 0.29) is 19.4 Å². The SMILES string of the molecule is CCCCC/C=C/CCCCCCCC(=O)O[C@H](COC(=O)CCCCCCCCCCCC)CO[C@H]1O[C@H](CS(=O)(=O)O)[C@@H](O)C(O)C1O. The minimum absolute atomic E-state index is 0.157. The molecule has 0 aliphatic carbocycles. The molecule has 0 aromatic rings. The molecule has 12 nitrogen and oxygen atoms in total. The van der Waals surface area contributed by atoms with Crippen molar-refractivity contribution in [3.05, 3.63) is 12.2 Å². The number of carbonyl (C=O) groups is 2. The van der Waals surface area contributed by atoms with Gasteiger partial charge in [0.1, 0.15) is 36.8 Å². The Hall–Kier alpha value is -1.61. The van der Waals surface area contributed by atoms with Crippen molar-refractivity contribution < 1.29 is 56.8 Å². The van der Waals surface area contributed by atoms with Gasteiger partial charge < -0.3 is 34.3 Å². The van der Waals surface area contributed by atoms with Crippen molar-refractivity contribution in [3.63, 3.8) is 0 Å². The summed E-state index contributed by atoms with van der Waals surface area (Å²) in [6.07, 6.45) is 17.1. The topological polar surface area (TPSA) is 186 Å². The number of ether oxygens (including phenoxy) is 4. The lowest BCUT2D eigenvalue weighted by Gasteiger charge is -2.40. The molecule has 1 saturated heterocycles. The molecule has 2 unspecified atom stereocenters. The minimum Gasteiger partial charge on any atom is -0.462 e. The number of unbranched alkanes of at least 4 members (excludes halogenated alkanes) is 17. The number of rotatable bonds is 31. The van der Waals surface area contributed by atoms with Crippen molar-refractivity contribution in [2.75, 3.05) is 19.0 Å². The van der Waals surface area contributed by atoms with Gasteiger partial charge in [-0.3, -0.25) is 14.1 Å². The van der Waals surface area contributed by atoms with E-state index in [1.165, 1.54) is 57.8 Å². The standard InChI is InChI=1S/C37H68O12S/c1-3-5-7-9-11-13-15-16-18-20-22-24-26-33(39)48-30(27-46-32(38)25-23-21-19-17-14-12-10-8-6-4-2)28-47-37-36(42)35(41)34(40)31(49-37)29-50(43,44)45/h11,13,30-31,34-37,40-42H,3-10,12,14-29H2,1-2H3,(H,43,44,45)/b13-11+/t30-,31-,34-,35?,36?,37+/m1/s1. The minimum atomic E-state index is -4.59. The van der Waals surface area contributed by atoms with Gasteiger partial charge in [-0.2, -0.15) is 8.42 Å². The van der Waals surface area contributed by atoms with E-state index < -0.39 is 71.2 Å². The van der Waals surface area contributed by atoms with Crippen LogP contribution in [0.1, 0.15) is 155 Å². The van der Waals surface area contributed by atoms with Crippen LogP contribution in [-0.4, -0.2) is 96.0 Å². The van der Waals surface area contributed by atoms with Crippen LogP contribution in [-0.2, 0) is 38.7 Å². The van der Waals surface area contributed by atoms with Gasteiger partial charge in [-0.05, 0) is 38.5 Å². The van der Waals surface area contributed by atoms with E-state index in [0.717, 1.165) is 57.8 Å². The van der Waals surface area contributed by atoms with Crippen molar-refractivity contribution in [3.8, 4) is 0 Å². The van der Waals surface area contributed by atoms with Crippen molar-refractivity contribution in [2.24, 2.45) is 0 Å². The summed E-state index contributed by atoms with van der Waals surface area (Å²) < 4.78 is 53.7. The zero-order valence-corrected chi connectivity index (χ0v) is 31.6. The van der Waals surface area contributed by atoms with E-state index >= 15 is 0 Å². The third kappa shape index (κ3) is 23.8. The zero-order chi connectivity index (χ0) is 37.0. The molecular weight excluding hydrogens is 668 g/mol. The van der Waals surface area contributed by atoms with Crippen LogP contribution in [0.3, 0.4) is 0 Å². The molecule has 1 aliphatic rings. The highest BCUT2D eigenvalue weighted by Gasteiger charge is 2.46. The van der Waals surface area contributed by atoms with Crippen molar-refractivity contribution in [1.82, 2.24) is 0 Å². The molecule has 0 radical (unpaired) electrons. The van der Waals surface area contributed by atoms with Crippen molar-refractivity contribution in [1.29, 1.82) is 0 Å². The quantitative estimate of drug-likeness (QED) is 0.0269. The van der Waals surface area contributed by atoms with E-state index in [0.29, 0.717) is 12.8 Å². The van der Waals surface area contributed by atoms with Crippen LogP contribution < -0.4 is 0 Å². The highest BCUT2D eigenvalue weighted by atomic mass is 32.2. The van der Waals surface area contributed by atoms with Gasteiger partial charge in [0.25, 0.3) is 10.1 Å². The number of allylic oxidation sites excluding steroid dienone is 2. The van der Waals surface area contributed by atoms with Gasteiger partial charge in [0.2, 0.25) is 0 Å². The van der Waals surface area contributed by atoms with Gasteiger partial charge in [0, 0.05) is 12.8 Å². The Morgan fingerprint density at radius 3 is 1.70 bits per heavy atom. The van der Waals surface area contributed by atoms with Crippen molar-refractivity contribution in [2.45, 2.75) is 192 Å². The molecule has 1 fully saturated rings. The fraction of sp³-hybridized carbons (Fsp3) is 0.892. The molecule has 1 heterocycles. The van der Waals surface area contributed by atoms with E-state index in [1.807, 2.05) is 0 Å². The van der Waals surface area contributed by atoms with Gasteiger partial charge in [0.15, 0.2) is 12.4 Å². The first kappa shape index (κ1) is 46.4. The summed E-state index contributed by atoms with van der Waals surface area (Å²) in [5, 5.41) is 30.7. The van der Waals surface area contributed by atoms with E-state index in [4.69, 9.17) is 18.9 Å². The highest BCUT2D eigenvalue weighted by molar-refractivity contribution is 7.85. The summed E-state index contributed by atoms with van der Waals surface area (Å²) in [5.41, 5.74) is 0. The highest BCUT2D eigenvalue weighted by Crippen LogP contribution is 2.24. The van der Waals surface area contributed by atoms with Crippen LogP contribution in [0, 0.1) is 0 Å². The summed E-state index contributed by atoms with van der Waals surface area (Å²) in [7, 11) is -4.59. The maximum Gasteiger partial charge on any atom is 0.306 e. The largest absolute Gasteiger partial charge is 0.462 e. The van der Waals surface area contributed by atoms with E-state index in [2.05, 4.69) is 26.0 Å². The van der Waals surface area contributed by atoms with Crippen LogP contribution in [0.5, 0.6) is 0 Å².